The van der Waals surface area contributed by atoms with Gasteiger partial charge in [0.25, 0.3) is 5.91 Å². The Balaban J connectivity index is 1.93. The Kier molecular flexibility index (Phi) is 5.46. The van der Waals surface area contributed by atoms with Crippen LogP contribution < -0.4 is 9.62 Å². The summed E-state index contributed by atoms with van der Waals surface area (Å²) < 4.78 is 51.5. The Morgan fingerprint density at radius 2 is 1.76 bits per heavy atom. The van der Waals surface area contributed by atoms with Gasteiger partial charge in [0.2, 0.25) is 20.0 Å². The van der Waals surface area contributed by atoms with Crippen LogP contribution in [0.25, 0.3) is 0 Å². The van der Waals surface area contributed by atoms with E-state index in [0.29, 0.717) is 17.7 Å². The SMILES string of the molecule is CC1Cc2cc(C(=O)Nc3ccccc3S(=O)(=O)N(C)C)ccc2N1S(C)(=O)=O. The molecular weight excluding hydrogens is 414 g/mol. The largest absolute Gasteiger partial charge is 0.321 e. The number of sulfonamides is 2. The van der Waals surface area contributed by atoms with Crippen molar-refractivity contribution < 1.29 is 21.6 Å². The highest BCUT2D eigenvalue weighted by Gasteiger charge is 2.33. The third kappa shape index (κ3) is 4.00. The third-order valence-electron chi connectivity index (χ3n) is 4.75. The molecule has 1 atom stereocenters. The van der Waals surface area contributed by atoms with Crippen LogP contribution in [0.4, 0.5) is 11.4 Å². The Morgan fingerprint density at radius 1 is 1.10 bits per heavy atom. The van der Waals surface area contributed by atoms with E-state index in [1.54, 1.807) is 24.3 Å². The Morgan fingerprint density at radius 3 is 2.38 bits per heavy atom. The molecule has 10 heteroatoms. The number of amides is 1. The zero-order valence-corrected chi connectivity index (χ0v) is 18.2. The van der Waals surface area contributed by atoms with Gasteiger partial charge in [-0.2, -0.15) is 0 Å². The van der Waals surface area contributed by atoms with E-state index in [1.165, 1.54) is 36.6 Å². The summed E-state index contributed by atoms with van der Waals surface area (Å²) in [4.78, 5) is 12.8. The van der Waals surface area contributed by atoms with Gasteiger partial charge in [-0.3, -0.25) is 9.10 Å². The Labute approximate surface area is 171 Å². The first kappa shape index (κ1) is 21.3. The van der Waals surface area contributed by atoms with Crippen LogP contribution in [0.2, 0.25) is 0 Å². The van der Waals surface area contributed by atoms with Crippen LogP contribution in [0.3, 0.4) is 0 Å². The molecule has 8 nitrogen and oxygen atoms in total. The van der Waals surface area contributed by atoms with Gasteiger partial charge in [-0.1, -0.05) is 12.1 Å². The van der Waals surface area contributed by atoms with E-state index in [-0.39, 0.29) is 16.6 Å². The maximum Gasteiger partial charge on any atom is 0.255 e. The molecule has 1 aliphatic rings. The van der Waals surface area contributed by atoms with Crippen LogP contribution in [0.15, 0.2) is 47.4 Å². The monoisotopic (exact) mass is 437 g/mol. The lowest BCUT2D eigenvalue weighted by molar-refractivity contribution is 0.102. The summed E-state index contributed by atoms with van der Waals surface area (Å²) in [5.74, 6) is -0.473. The van der Waals surface area contributed by atoms with Crippen molar-refractivity contribution in [3.05, 3.63) is 53.6 Å². The summed E-state index contributed by atoms with van der Waals surface area (Å²) in [6.07, 6.45) is 1.65. The van der Waals surface area contributed by atoms with Crippen molar-refractivity contribution in [2.45, 2.75) is 24.3 Å². The average molecular weight is 438 g/mol. The van der Waals surface area contributed by atoms with Crippen LogP contribution in [-0.2, 0) is 26.5 Å². The predicted octanol–water partition coefficient (Wildman–Crippen LogP) is 1.90. The van der Waals surface area contributed by atoms with Gasteiger partial charge in [-0.15, -0.1) is 0 Å². The quantitative estimate of drug-likeness (QED) is 0.769. The number of benzene rings is 2. The number of nitrogens with zero attached hydrogens (tertiary/aromatic N) is 2. The lowest BCUT2D eigenvalue weighted by Gasteiger charge is -2.22. The second-order valence-electron chi connectivity index (χ2n) is 7.19. The lowest BCUT2D eigenvalue weighted by atomic mass is 10.1. The molecule has 3 rings (SSSR count). The molecule has 0 aromatic heterocycles. The first-order valence-corrected chi connectivity index (χ1v) is 12.2. The van der Waals surface area contributed by atoms with Crippen molar-refractivity contribution in [2.24, 2.45) is 0 Å². The minimum absolute atomic E-state index is 0.00335. The van der Waals surface area contributed by atoms with Gasteiger partial charge in [0.1, 0.15) is 4.90 Å². The van der Waals surface area contributed by atoms with Crippen LogP contribution in [0.5, 0.6) is 0 Å². The second-order valence-corrected chi connectivity index (χ2v) is 11.2. The summed E-state index contributed by atoms with van der Waals surface area (Å²) in [6, 6.07) is 10.7. The number of carbonyl (C=O) groups excluding carboxylic acids is 1. The molecule has 0 aliphatic carbocycles. The molecule has 1 N–H and O–H groups in total. The number of para-hydroxylation sites is 1. The predicted molar refractivity (Wildman–Crippen MR) is 112 cm³/mol. The zero-order chi connectivity index (χ0) is 21.6. The van der Waals surface area contributed by atoms with E-state index >= 15 is 0 Å². The topological polar surface area (TPSA) is 104 Å². The normalized spacial score (nSPS) is 16.7. The highest BCUT2D eigenvalue weighted by molar-refractivity contribution is 7.92. The highest BCUT2D eigenvalue weighted by atomic mass is 32.2. The average Bonchev–Trinajstić information content (AvgIpc) is 2.96. The maximum atomic E-state index is 12.8. The van der Waals surface area contributed by atoms with E-state index in [9.17, 15) is 21.6 Å². The minimum Gasteiger partial charge on any atom is -0.321 e. The van der Waals surface area contributed by atoms with Crippen molar-refractivity contribution in [1.29, 1.82) is 0 Å². The van der Waals surface area contributed by atoms with E-state index in [2.05, 4.69) is 5.32 Å². The minimum atomic E-state index is -3.73. The molecule has 0 bridgehead atoms. The molecule has 0 radical (unpaired) electrons. The fourth-order valence-corrected chi connectivity index (χ4v) is 5.74. The number of anilines is 2. The van der Waals surface area contributed by atoms with Gasteiger partial charge < -0.3 is 5.32 Å². The van der Waals surface area contributed by atoms with Gasteiger partial charge in [0.15, 0.2) is 0 Å². The fraction of sp³-hybridized carbons (Fsp3) is 0.316. The van der Waals surface area contributed by atoms with Gasteiger partial charge >= 0.3 is 0 Å². The van der Waals surface area contributed by atoms with Crippen molar-refractivity contribution >= 4 is 37.3 Å². The first-order valence-electron chi connectivity index (χ1n) is 8.88. The molecule has 2 aromatic carbocycles. The molecule has 0 fully saturated rings. The van der Waals surface area contributed by atoms with Gasteiger partial charge in [-0.05, 0) is 49.2 Å². The number of fused-ring (bicyclic) bond motifs is 1. The van der Waals surface area contributed by atoms with Gasteiger partial charge in [0, 0.05) is 25.7 Å². The summed E-state index contributed by atoms with van der Waals surface area (Å²) in [5, 5.41) is 2.66. The van der Waals surface area contributed by atoms with E-state index in [0.717, 1.165) is 16.1 Å². The maximum absolute atomic E-state index is 12.8. The zero-order valence-electron chi connectivity index (χ0n) is 16.6. The first-order chi connectivity index (χ1) is 13.4. The standard InChI is InChI=1S/C19H23N3O5S2/c1-13-11-15-12-14(9-10-17(15)22(13)28(4,24)25)19(23)20-16-7-5-6-8-18(16)29(26,27)21(2)3/h5-10,12-13H,11H2,1-4H3,(H,20,23). The molecule has 29 heavy (non-hydrogen) atoms. The molecule has 1 amide bonds. The van der Waals surface area contributed by atoms with E-state index in [4.69, 9.17) is 0 Å². The Hall–Kier alpha value is -2.43. The van der Waals surface area contributed by atoms with Crippen molar-refractivity contribution in [2.75, 3.05) is 30.0 Å². The number of hydrogen-bond donors (Lipinski definition) is 1. The summed E-state index contributed by atoms with van der Waals surface area (Å²) in [7, 11) is -4.31. The smallest absolute Gasteiger partial charge is 0.255 e. The lowest BCUT2D eigenvalue weighted by Crippen LogP contribution is -2.34. The van der Waals surface area contributed by atoms with Crippen LogP contribution in [0.1, 0.15) is 22.8 Å². The molecule has 0 saturated carbocycles. The number of nitrogens with one attached hydrogen (secondary N) is 1. The molecule has 0 spiro atoms. The van der Waals surface area contributed by atoms with Gasteiger partial charge in [0.05, 0.1) is 17.6 Å². The van der Waals surface area contributed by atoms with Gasteiger partial charge in [-0.25, -0.2) is 21.1 Å². The number of hydrogen-bond acceptors (Lipinski definition) is 5. The van der Waals surface area contributed by atoms with Crippen molar-refractivity contribution in [3.63, 3.8) is 0 Å². The van der Waals surface area contributed by atoms with E-state index < -0.39 is 26.0 Å². The Bertz CT molecular complexity index is 1170. The van der Waals surface area contributed by atoms with Crippen LogP contribution in [0, 0.1) is 0 Å². The van der Waals surface area contributed by atoms with E-state index in [1.807, 2.05) is 6.92 Å². The number of carbonyl (C=O) groups is 1. The van der Waals surface area contributed by atoms with Crippen molar-refractivity contribution in [3.8, 4) is 0 Å². The molecule has 156 valence electrons. The third-order valence-corrected chi connectivity index (χ3v) is 7.89. The van der Waals surface area contributed by atoms with Crippen molar-refractivity contribution in [1.82, 2.24) is 4.31 Å². The molecule has 1 aliphatic heterocycles. The molecule has 1 unspecified atom stereocenters. The van der Waals surface area contributed by atoms with Crippen LogP contribution in [-0.4, -0.2) is 53.4 Å². The molecule has 2 aromatic rings. The highest BCUT2D eigenvalue weighted by Crippen LogP contribution is 2.35. The van der Waals surface area contributed by atoms with Crippen LogP contribution >= 0.6 is 0 Å². The second kappa shape index (κ2) is 7.43. The molecule has 0 saturated heterocycles. The molecule has 1 heterocycles. The summed E-state index contributed by atoms with van der Waals surface area (Å²) in [5.41, 5.74) is 1.82. The molecular formula is C19H23N3O5S2. The summed E-state index contributed by atoms with van der Waals surface area (Å²) >= 11 is 0. The number of rotatable bonds is 5. The fourth-order valence-electron chi connectivity index (χ4n) is 3.44. The summed E-state index contributed by atoms with van der Waals surface area (Å²) in [6.45, 7) is 1.81.